The van der Waals surface area contributed by atoms with Crippen molar-refractivity contribution in [3.05, 3.63) is 24.8 Å². The lowest BCUT2D eigenvalue weighted by atomic mass is 10.0. The maximum absolute atomic E-state index is 9.66. The topological polar surface area (TPSA) is 20.2 Å². The van der Waals surface area contributed by atoms with E-state index in [1.807, 2.05) is 12.2 Å². The molecule has 17 heavy (non-hydrogen) atoms. The van der Waals surface area contributed by atoms with Crippen LogP contribution in [0.15, 0.2) is 24.8 Å². The number of unbranched alkanes of at least 4 members (excludes halogenated alkanes) is 6. The lowest BCUT2D eigenvalue weighted by molar-refractivity contribution is 0.148. The Morgan fingerprint density at radius 3 is 2.35 bits per heavy atom. The zero-order chi connectivity index (χ0) is 12.8. The second-order valence-corrected chi connectivity index (χ2v) is 4.81. The summed E-state index contributed by atoms with van der Waals surface area (Å²) in [6.07, 6.45) is 17.9. The van der Waals surface area contributed by atoms with Gasteiger partial charge in [-0.1, -0.05) is 70.3 Å². The molecule has 0 aromatic carbocycles. The summed E-state index contributed by atoms with van der Waals surface area (Å²) in [5.41, 5.74) is 0. The van der Waals surface area contributed by atoms with E-state index in [0.717, 1.165) is 19.3 Å². The Labute approximate surface area is 108 Å². The van der Waals surface area contributed by atoms with Crippen molar-refractivity contribution < 1.29 is 5.11 Å². The van der Waals surface area contributed by atoms with Gasteiger partial charge in [0.25, 0.3) is 0 Å². The van der Waals surface area contributed by atoms with Crippen LogP contribution in [-0.4, -0.2) is 11.2 Å². The van der Waals surface area contributed by atoms with Crippen LogP contribution in [0.1, 0.15) is 71.1 Å². The van der Waals surface area contributed by atoms with E-state index in [-0.39, 0.29) is 6.10 Å². The van der Waals surface area contributed by atoms with Gasteiger partial charge < -0.3 is 5.11 Å². The Balaban J connectivity index is 3.12. The molecule has 0 rings (SSSR count). The quantitative estimate of drug-likeness (QED) is 0.374. The summed E-state index contributed by atoms with van der Waals surface area (Å²) in [6.45, 7) is 5.82. The van der Waals surface area contributed by atoms with Crippen molar-refractivity contribution in [2.45, 2.75) is 77.2 Å². The van der Waals surface area contributed by atoms with Crippen LogP contribution in [0.2, 0.25) is 0 Å². The van der Waals surface area contributed by atoms with Crippen LogP contribution in [0.3, 0.4) is 0 Å². The van der Waals surface area contributed by atoms with Gasteiger partial charge >= 0.3 is 0 Å². The first-order valence-corrected chi connectivity index (χ1v) is 7.26. The van der Waals surface area contributed by atoms with Gasteiger partial charge in [-0.3, -0.25) is 0 Å². The van der Waals surface area contributed by atoms with E-state index < -0.39 is 0 Å². The van der Waals surface area contributed by atoms with Crippen LogP contribution in [0.4, 0.5) is 0 Å². The van der Waals surface area contributed by atoms with Crippen molar-refractivity contribution >= 4 is 0 Å². The Kier molecular flexibility index (Phi) is 13.1. The molecule has 0 aromatic rings. The third kappa shape index (κ3) is 13.4. The Hall–Kier alpha value is -0.560. The van der Waals surface area contributed by atoms with Gasteiger partial charge in [0.2, 0.25) is 0 Å². The van der Waals surface area contributed by atoms with Crippen molar-refractivity contribution in [2.75, 3.05) is 0 Å². The molecule has 1 N–H and O–H groups in total. The van der Waals surface area contributed by atoms with Gasteiger partial charge in [-0.25, -0.2) is 0 Å². The maximum atomic E-state index is 9.66. The summed E-state index contributed by atoms with van der Waals surface area (Å²) < 4.78 is 0. The smallest absolute Gasteiger partial charge is 0.0540 e. The van der Waals surface area contributed by atoms with Crippen molar-refractivity contribution in [3.8, 4) is 0 Å². The molecule has 0 aliphatic carbocycles. The molecule has 1 nitrogen and oxygen atoms in total. The Morgan fingerprint density at radius 1 is 1.00 bits per heavy atom. The molecule has 0 radical (unpaired) electrons. The van der Waals surface area contributed by atoms with E-state index >= 15 is 0 Å². The number of hydrogen-bond acceptors (Lipinski definition) is 1. The maximum Gasteiger partial charge on any atom is 0.0540 e. The first-order chi connectivity index (χ1) is 8.31. The number of hydrogen-bond donors (Lipinski definition) is 1. The molecule has 0 amide bonds. The molecule has 1 atom stereocenters. The van der Waals surface area contributed by atoms with Crippen LogP contribution >= 0.6 is 0 Å². The van der Waals surface area contributed by atoms with E-state index in [1.165, 1.54) is 44.9 Å². The van der Waals surface area contributed by atoms with E-state index in [1.54, 1.807) is 0 Å². The van der Waals surface area contributed by atoms with Gasteiger partial charge in [-0.05, 0) is 25.7 Å². The number of allylic oxidation sites excluding steroid dienone is 3. The molecule has 0 aromatic heterocycles. The summed E-state index contributed by atoms with van der Waals surface area (Å²) in [6, 6.07) is 0. The number of aliphatic hydroxyl groups excluding tert-OH is 1. The average molecular weight is 238 g/mol. The zero-order valence-electron chi connectivity index (χ0n) is 11.5. The highest BCUT2D eigenvalue weighted by Gasteiger charge is 2.02. The van der Waals surface area contributed by atoms with Crippen LogP contribution in [-0.2, 0) is 0 Å². The fourth-order valence-electron chi connectivity index (χ4n) is 1.95. The van der Waals surface area contributed by atoms with Crippen LogP contribution in [0.25, 0.3) is 0 Å². The normalized spacial score (nSPS) is 13.1. The minimum atomic E-state index is -0.0505. The predicted molar refractivity (Wildman–Crippen MR) is 77.2 cm³/mol. The van der Waals surface area contributed by atoms with Crippen LogP contribution in [0.5, 0.6) is 0 Å². The standard InChI is InChI=1S/C16H30O/c1-3-5-7-8-9-10-11-12-13-15-16(17)14-6-4-2/h3,5,7,16-17H,1,4,6,8-15H2,2H3/b7-5+. The van der Waals surface area contributed by atoms with Crippen LogP contribution < -0.4 is 0 Å². The molecular formula is C16H30O. The lowest BCUT2D eigenvalue weighted by Crippen LogP contribution is -2.05. The van der Waals surface area contributed by atoms with Crippen molar-refractivity contribution in [1.29, 1.82) is 0 Å². The lowest BCUT2D eigenvalue weighted by Gasteiger charge is -2.09. The van der Waals surface area contributed by atoms with E-state index in [0.29, 0.717) is 0 Å². The molecule has 0 saturated heterocycles. The molecule has 100 valence electrons. The summed E-state index contributed by atoms with van der Waals surface area (Å²) in [7, 11) is 0. The number of aliphatic hydroxyl groups is 1. The van der Waals surface area contributed by atoms with Crippen molar-refractivity contribution in [2.24, 2.45) is 0 Å². The first-order valence-electron chi connectivity index (χ1n) is 7.26. The fraction of sp³-hybridized carbons (Fsp3) is 0.750. The van der Waals surface area contributed by atoms with Crippen molar-refractivity contribution in [3.63, 3.8) is 0 Å². The van der Waals surface area contributed by atoms with Gasteiger partial charge in [0.1, 0.15) is 0 Å². The fourth-order valence-corrected chi connectivity index (χ4v) is 1.95. The molecule has 0 spiro atoms. The van der Waals surface area contributed by atoms with Crippen molar-refractivity contribution in [1.82, 2.24) is 0 Å². The molecule has 0 aliphatic rings. The third-order valence-corrected chi connectivity index (χ3v) is 3.07. The molecule has 0 heterocycles. The van der Waals surface area contributed by atoms with Gasteiger partial charge in [0.05, 0.1) is 6.10 Å². The van der Waals surface area contributed by atoms with Gasteiger partial charge in [0, 0.05) is 0 Å². The van der Waals surface area contributed by atoms with E-state index in [9.17, 15) is 5.11 Å². The third-order valence-electron chi connectivity index (χ3n) is 3.07. The summed E-state index contributed by atoms with van der Waals surface area (Å²) in [5, 5.41) is 9.66. The minimum absolute atomic E-state index is 0.0505. The highest BCUT2D eigenvalue weighted by molar-refractivity contribution is 4.96. The number of rotatable bonds is 12. The highest BCUT2D eigenvalue weighted by atomic mass is 16.3. The zero-order valence-corrected chi connectivity index (χ0v) is 11.5. The summed E-state index contributed by atoms with van der Waals surface area (Å²) in [4.78, 5) is 0. The molecule has 1 heteroatoms. The van der Waals surface area contributed by atoms with E-state index in [2.05, 4.69) is 19.6 Å². The highest BCUT2D eigenvalue weighted by Crippen LogP contribution is 2.12. The second-order valence-electron chi connectivity index (χ2n) is 4.81. The monoisotopic (exact) mass is 238 g/mol. The largest absolute Gasteiger partial charge is 0.393 e. The average Bonchev–Trinajstić information content (AvgIpc) is 2.34. The molecular weight excluding hydrogens is 208 g/mol. The molecule has 1 unspecified atom stereocenters. The Bertz CT molecular complexity index is 184. The molecule has 0 fully saturated rings. The van der Waals surface area contributed by atoms with Gasteiger partial charge in [0.15, 0.2) is 0 Å². The minimum Gasteiger partial charge on any atom is -0.393 e. The molecule has 0 bridgehead atoms. The summed E-state index contributed by atoms with van der Waals surface area (Å²) in [5.74, 6) is 0. The van der Waals surface area contributed by atoms with Gasteiger partial charge in [-0.2, -0.15) is 0 Å². The SMILES string of the molecule is C=C/C=C/CCCCCCCC(O)CCCC. The van der Waals surface area contributed by atoms with E-state index in [4.69, 9.17) is 0 Å². The predicted octanol–water partition coefficient (Wildman–Crippen LogP) is 5.01. The molecule has 0 aliphatic heterocycles. The van der Waals surface area contributed by atoms with Crippen LogP contribution in [0, 0.1) is 0 Å². The first kappa shape index (κ1) is 16.4. The molecule has 0 saturated carbocycles. The summed E-state index contributed by atoms with van der Waals surface area (Å²) >= 11 is 0. The van der Waals surface area contributed by atoms with Gasteiger partial charge in [-0.15, -0.1) is 0 Å². The Morgan fingerprint density at radius 2 is 1.65 bits per heavy atom. The second kappa shape index (κ2) is 13.5.